The third-order valence-electron chi connectivity index (χ3n) is 5.14. The molecule has 1 amide bonds. The number of aromatic nitrogens is 1. The summed E-state index contributed by atoms with van der Waals surface area (Å²) in [5.41, 5.74) is 4.09. The number of hydrogen-bond donors (Lipinski definition) is 1. The minimum Gasteiger partial charge on any atom is -0.489 e. The third kappa shape index (κ3) is 4.63. The predicted octanol–water partition coefficient (Wildman–Crippen LogP) is 3.96. The molecule has 0 atom stereocenters. The molecule has 0 radical (unpaired) electrons. The maximum atomic E-state index is 12.8. The Balaban J connectivity index is 1.42. The van der Waals surface area contributed by atoms with E-state index in [9.17, 15) is 4.79 Å². The number of aryl methyl sites for hydroxylation is 2. The van der Waals surface area contributed by atoms with Gasteiger partial charge in [-0.2, -0.15) is 0 Å². The van der Waals surface area contributed by atoms with E-state index in [1.165, 1.54) is 0 Å². The molecule has 0 spiro atoms. The lowest BCUT2D eigenvalue weighted by Gasteiger charge is -2.29. The van der Waals surface area contributed by atoms with Crippen LogP contribution in [0.1, 0.15) is 27.4 Å². The molecule has 7 nitrogen and oxygen atoms in total. The molecule has 1 aromatic heterocycles. The summed E-state index contributed by atoms with van der Waals surface area (Å²) in [6.45, 7) is 7.21. The summed E-state index contributed by atoms with van der Waals surface area (Å²) in [6, 6.07) is 15.0. The first-order chi connectivity index (χ1) is 14.6. The van der Waals surface area contributed by atoms with Gasteiger partial charge in [0, 0.05) is 30.0 Å². The van der Waals surface area contributed by atoms with Gasteiger partial charge in [0.15, 0.2) is 0 Å². The van der Waals surface area contributed by atoms with Crippen molar-refractivity contribution in [1.29, 1.82) is 0 Å². The van der Waals surface area contributed by atoms with E-state index in [-0.39, 0.29) is 5.91 Å². The molecule has 30 heavy (non-hydrogen) atoms. The number of carbonyl (C=O) groups is 1. The van der Waals surface area contributed by atoms with Crippen molar-refractivity contribution in [3.63, 3.8) is 0 Å². The van der Waals surface area contributed by atoms with Crippen LogP contribution in [0.15, 0.2) is 53.1 Å². The summed E-state index contributed by atoms with van der Waals surface area (Å²) in [6.07, 6.45) is 0. The third-order valence-corrected chi connectivity index (χ3v) is 5.14. The highest BCUT2D eigenvalue weighted by atomic mass is 16.5. The lowest BCUT2D eigenvalue weighted by atomic mass is 10.2. The highest BCUT2D eigenvalue weighted by Gasteiger charge is 2.14. The van der Waals surface area contributed by atoms with Gasteiger partial charge in [0.25, 0.3) is 5.91 Å². The fourth-order valence-corrected chi connectivity index (χ4v) is 3.40. The highest BCUT2D eigenvalue weighted by Crippen LogP contribution is 2.22. The van der Waals surface area contributed by atoms with Crippen molar-refractivity contribution < 1.29 is 18.8 Å². The monoisotopic (exact) mass is 407 g/mol. The Kier molecular flexibility index (Phi) is 5.99. The first-order valence-corrected chi connectivity index (χ1v) is 9.99. The number of anilines is 2. The highest BCUT2D eigenvalue weighted by molar-refractivity contribution is 6.04. The number of morpholine rings is 1. The van der Waals surface area contributed by atoms with E-state index < -0.39 is 0 Å². The Morgan fingerprint density at radius 2 is 1.93 bits per heavy atom. The summed E-state index contributed by atoms with van der Waals surface area (Å²) >= 11 is 0. The molecule has 1 aliphatic rings. The number of hydrogen-bond acceptors (Lipinski definition) is 6. The molecular weight excluding hydrogens is 382 g/mol. The van der Waals surface area contributed by atoms with Gasteiger partial charge in [0.2, 0.25) is 0 Å². The van der Waals surface area contributed by atoms with Crippen molar-refractivity contribution in [2.75, 3.05) is 36.5 Å². The van der Waals surface area contributed by atoms with Crippen LogP contribution >= 0.6 is 0 Å². The van der Waals surface area contributed by atoms with Crippen molar-refractivity contribution in [3.8, 4) is 5.75 Å². The molecule has 2 aromatic carbocycles. The second-order valence-corrected chi connectivity index (χ2v) is 7.22. The number of nitrogens with zero attached hydrogens (tertiary/aromatic N) is 2. The van der Waals surface area contributed by atoms with Crippen LogP contribution in [0.25, 0.3) is 0 Å². The van der Waals surface area contributed by atoms with E-state index in [4.69, 9.17) is 14.0 Å². The molecule has 0 saturated carbocycles. The average Bonchev–Trinajstić information content (AvgIpc) is 3.10. The van der Waals surface area contributed by atoms with Gasteiger partial charge < -0.3 is 24.2 Å². The molecule has 0 aliphatic carbocycles. The van der Waals surface area contributed by atoms with E-state index in [2.05, 4.69) is 15.4 Å². The van der Waals surface area contributed by atoms with Gasteiger partial charge in [-0.05, 0) is 50.2 Å². The van der Waals surface area contributed by atoms with Gasteiger partial charge in [-0.15, -0.1) is 0 Å². The quantitative estimate of drug-likeness (QED) is 0.667. The lowest BCUT2D eigenvalue weighted by molar-refractivity contribution is 0.102. The predicted molar refractivity (Wildman–Crippen MR) is 114 cm³/mol. The zero-order chi connectivity index (χ0) is 20.9. The number of ether oxygens (including phenoxy) is 2. The first kappa shape index (κ1) is 20.0. The number of amides is 1. The number of nitrogens with one attached hydrogen (secondary N) is 1. The van der Waals surface area contributed by atoms with Crippen molar-refractivity contribution in [3.05, 3.63) is 71.1 Å². The summed E-state index contributed by atoms with van der Waals surface area (Å²) in [7, 11) is 0. The van der Waals surface area contributed by atoms with Crippen LogP contribution in [0, 0.1) is 13.8 Å². The van der Waals surface area contributed by atoms with Crippen LogP contribution in [0.4, 0.5) is 11.4 Å². The molecule has 156 valence electrons. The first-order valence-electron chi connectivity index (χ1n) is 9.99. The Morgan fingerprint density at radius 1 is 1.13 bits per heavy atom. The number of carbonyl (C=O) groups excluding carboxylic acids is 1. The molecule has 0 bridgehead atoms. The molecule has 1 N–H and O–H groups in total. The van der Waals surface area contributed by atoms with Gasteiger partial charge >= 0.3 is 0 Å². The van der Waals surface area contributed by atoms with E-state index in [1.807, 2.05) is 50.2 Å². The van der Waals surface area contributed by atoms with Gasteiger partial charge in [-0.1, -0.05) is 17.3 Å². The molecular formula is C23H25N3O4. The lowest BCUT2D eigenvalue weighted by Crippen LogP contribution is -2.36. The van der Waals surface area contributed by atoms with Crippen molar-refractivity contribution >= 4 is 17.3 Å². The van der Waals surface area contributed by atoms with Crippen LogP contribution in [-0.2, 0) is 11.3 Å². The van der Waals surface area contributed by atoms with Crippen LogP contribution < -0.4 is 15.0 Å². The summed E-state index contributed by atoms with van der Waals surface area (Å²) in [5, 5.41) is 6.91. The topological polar surface area (TPSA) is 76.8 Å². The Morgan fingerprint density at radius 3 is 2.70 bits per heavy atom. The fourth-order valence-electron chi connectivity index (χ4n) is 3.40. The molecule has 4 rings (SSSR count). The molecule has 3 aromatic rings. The smallest absolute Gasteiger partial charge is 0.255 e. The van der Waals surface area contributed by atoms with E-state index in [0.717, 1.165) is 54.7 Å². The van der Waals surface area contributed by atoms with Gasteiger partial charge in [-0.25, -0.2) is 0 Å². The van der Waals surface area contributed by atoms with Gasteiger partial charge in [-0.3, -0.25) is 4.79 Å². The minimum absolute atomic E-state index is 0.183. The van der Waals surface area contributed by atoms with Crippen LogP contribution in [0.3, 0.4) is 0 Å². The SMILES string of the molecule is Cc1noc(C)c1COc1cccc(C(=O)Nc2cccc(N3CCOCC3)c2)c1. The van der Waals surface area contributed by atoms with Gasteiger partial charge in [0.05, 0.1) is 24.5 Å². The number of rotatable bonds is 6. The molecule has 1 fully saturated rings. The Bertz CT molecular complexity index is 1010. The molecule has 1 aliphatic heterocycles. The average molecular weight is 407 g/mol. The van der Waals surface area contributed by atoms with E-state index >= 15 is 0 Å². The van der Waals surface area contributed by atoms with Crippen LogP contribution in [-0.4, -0.2) is 37.4 Å². The van der Waals surface area contributed by atoms with Crippen LogP contribution in [0.2, 0.25) is 0 Å². The molecule has 1 saturated heterocycles. The fraction of sp³-hybridized carbons (Fsp3) is 0.304. The van der Waals surface area contributed by atoms with Crippen molar-refractivity contribution in [2.45, 2.75) is 20.5 Å². The second kappa shape index (κ2) is 9.00. The van der Waals surface area contributed by atoms with E-state index in [1.54, 1.807) is 12.1 Å². The largest absolute Gasteiger partial charge is 0.489 e. The van der Waals surface area contributed by atoms with Crippen molar-refractivity contribution in [1.82, 2.24) is 5.16 Å². The zero-order valence-corrected chi connectivity index (χ0v) is 17.2. The van der Waals surface area contributed by atoms with E-state index in [0.29, 0.717) is 17.9 Å². The minimum atomic E-state index is -0.183. The van der Waals surface area contributed by atoms with Crippen molar-refractivity contribution in [2.24, 2.45) is 0 Å². The maximum absolute atomic E-state index is 12.8. The normalized spacial score (nSPS) is 13.9. The zero-order valence-electron chi connectivity index (χ0n) is 17.2. The summed E-state index contributed by atoms with van der Waals surface area (Å²) < 4.78 is 16.4. The molecule has 7 heteroatoms. The second-order valence-electron chi connectivity index (χ2n) is 7.22. The maximum Gasteiger partial charge on any atom is 0.255 e. The standard InChI is InChI=1S/C23H25N3O4/c1-16-22(17(2)30-25-16)15-29-21-8-3-5-18(13-21)23(27)24-19-6-4-7-20(14-19)26-9-11-28-12-10-26/h3-8,13-14H,9-12,15H2,1-2H3,(H,24,27). The Hall–Kier alpha value is -3.32. The molecule has 2 heterocycles. The molecule has 0 unspecified atom stereocenters. The van der Waals surface area contributed by atoms with Gasteiger partial charge in [0.1, 0.15) is 18.1 Å². The number of benzene rings is 2. The summed E-state index contributed by atoms with van der Waals surface area (Å²) in [5.74, 6) is 1.17. The van der Waals surface area contributed by atoms with Crippen LogP contribution in [0.5, 0.6) is 5.75 Å². The Labute approximate surface area is 175 Å². The summed E-state index contributed by atoms with van der Waals surface area (Å²) in [4.78, 5) is 15.0.